The highest BCUT2D eigenvalue weighted by Crippen LogP contribution is 2.33. The van der Waals surface area contributed by atoms with Crippen molar-refractivity contribution in [1.82, 2.24) is 14.5 Å². The van der Waals surface area contributed by atoms with Crippen molar-refractivity contribution < 1.29 is 4.39 Å². The summed E-state index contributed by atoms with van der Waals surface area (Å²) in [6.07, 6.45) is 3.03. The number of aromatic nitrogens is 3. The van der Waals surface area contributed by atoms with Gasteiger partial charge in [-0.3, -0.25) is 9.36 Å². The van der Waals surface area contributed by atoms with Gasteiger partial charge in [-0.1, -0.05) is 23.2 Å². The van der Waals surface area contributed by atoms with E-state index < -0.39 is 5.82 Å². The van der Waals surface area contributed by atoms with Crippen LogP contribution in [0, 0.1) is 12.7 Å². The molecule has 1 saturated carbocycles. The largest absolute Gasteiger partial charge is 0.293 e. The van der Waals surface area contributed by atoms with Crippen LogP contribution in [0.1, 0.15) is 31.1 Å². The first-order chi connectivity index (χ1) is 12.0. The average Bonchev–Trinajstić information content (AvgIpc) is 2.50. The van der Waals surface area contributed by atoms with Crippen molar-refractivity contribution in [2.24, 2.45) is 0 Å². The fourth-order valence-electron chi connectivity index (χ4n) is 3.22. The van der Waals surface area contributed by atoms with Gasteiger partial charge in [0.1, 0.15) is 28.0 Å². The summed E-state index contributed by atoms with van der Waals surface area (Å²) in [4.78, 5) is 21.8. The molecule has 0 spiro atoms. The molecule has 25 heavy (non-hydrogen) atoms. The van der Waals surface area contributed by atoms with Gasteiger partial charge in [0.2, 0.25) is 0 Å². The minimum atomic E-state index is -0.536. The molecule has 0 radical (unpaired) electrons. The normalized spacial score (nSPS) is 14.7. The Labute approximate surface area is 153 Å². The van der Waals surface area contributed by atoms with E-state index in [1.807, 2.05) is 0 Å². The maximum absolute atomic E-state index is 14.4. The standard InChI is InChI=1S/C18H14Cl2FN3O/c1-9-22-17-13(18(25)24(9)11-3-2-4-11)8-15(20)23-16(17)12-6-5-10(19)7-14(12)21/h5-8,11H,2-4H2,1H3. The van der Waals surface area contributed by atoms with Crippen molar-refractivity contribution in [3.8, 4) is 11.3 Å². The molecular formula is C18H14Cl2FN3O. The van der Waals surface area contributed by atoms with Crippen molar-refractivity contribution in [3.05, 3.63) is 56.4 Å². The first kappa shape index (κ1) is 16.5. The molecule has 0 unspecified atom stereocenters. The lowest BCUT2D eigenvalue weighted by atomic mass is 9.92. The van der Waals surface area contributed by atoms with E-state index in [0.717, 1.165) is 19.3 Å². The Morgan fingerprint density at radius 3 is 2.60 bits per heavy atom. The molecule has 0 aliphatic heterocycles. The molecule has 0 N–H and O–H groups in total. The summed E-state index contributed by atoms with van der Waals surface area (Å²) in [6.45, 7) is 1.79. The summed E-state index contributed by atoms with van der Waals surface area (Å²) in [5.74, 6) is 0.0631. The second-order valence-corrected chi connectivity index (χ2v) is 7.06. The molecule has 2 aromatic heterocycles. The van der Waals surface area contributed by atoms with Crippen LogP contribution in [0.25, 0.3) is 22.2 Å². The van der Waals surface area contributed by atoms with Crippen LogP contribution < -0.4 is 5.56 Å². The van der Waals surface area contributed by atoms with E-state index in [2.05, 4.69) is 9.97 Å². The third kappa shape index (κ3) is 2.71. The fourth-order valence-corrected chi connectivity index (χ4v) is 3.57. The van der Waals surface area contributed by atoms with Crippen molar-refractivity contribution in [3.63, 3.8) is 0 Å². The molecule has 1 aliphatic carbocycles. The maximum Gasteiger partial charge on any atom is 0.261 e. The molecule has 3 aromatic rings. The van der Waals surface area contributed by atoms with Crippen LogP contribution in [0.5, 0.6) is 0 Å². The van der Waals surface area contributed by atoms with Gasteiger partial charge in [0, 0.05) is 16.6 Å². The Hall–Kier alpha value is -1.98. The number of pyridine rings is 1. The topological polar surface area (TPSA) is 47.8 Å². The highest BCUT2D eigenvalue weighted by Gasteiger charge is 2.25. The number of fused-ring (bicyclic) bond motifs is 1. The van der Waals surface area contributed by atoms with Gasteiger partial charge in [-0.05, 0) is 50.5 Å². The van der Waals surface area contributed by atoms with E-state index in [1.54, 1.807) is 17.6 Å². The third-order valence-electron chi connectivity index (χ3n) is 4.66. The van der Waals surface area contributed by atoms with Gasteiger partial charge in [-0.2, -0.15) is 0 Å². The number of nitrogens with zero attached hydrogens (tertiary/aromatic N) is 3. The third-order valence-corrected chi connectivity index (χ3v) is 5.09. The van der Waals surface area contributed by atoms with Crippen molar-refractivity contribution in [2.75, 3.05) is 0 Å². The summed E-state index contributed by atoms with van der Waals surface area (Å²) in [5, 5.41) is 0.755. The van der Waals surface area contributed by atoms with Gasteiger partial charge in [-0.15, -0.1) is 0 Å². The minimum Gasteiger partial charge on any atom is -0.293 e. The first-order valence-electron chi connectivity index (χ1n) is 8.00. The number of halogens is 3. The second kappa shape index (κ2) is 6.07. The van der Waals surface area contributed by atoms with E-state index in [-0.39, 0.29) is 33.0 Å². The van der Waals surface area contributed by atoms with Gasteiger partial charge in [0.15, 0.2) is 0 Å². The summed E-state index contributed by atoms with van der Waals surface area (Å²) in [7, 11) is 0. The van der Waals surface area contributed by atoms with Crippen molar-refractivity contribution in [1.29, 1.82) is 0 Å². The summed E-state index contributed by atoms with van der Waals surface area (Å²) < 4.78 is 16.1. The van der Waals surface area contributed by atoms with E-state index >= 15 is 0 Å². The van der Waals surface area contributed by atoms with Crippen LogP contribution >= 0.6 is 23.2 Å². The van der Waals surface area contributed by atoms with Gasteiger partial charge in [-0.25, -0.2) is 14.4 Å². The van der Waals surface area contributed by atoms with E-state index in [0.29, 0.717) is 16.7 Å². The Kier molecular flexibility index (Phi) is 4.01. The fraction of sp³-hybridized carbons (Fsp3) is 0.278. The van der Waals surface area contributed by atoms with Gasteiger partial charge in [0.25, 0.3) is 5.56 Å². The van der Waals surface area contributed by atoms with Crippen LogP contribution in [0.4, 0.5) is 4.39 Å². The second-order valence-electron chi connectivity index (χ2n) is 6.23. The molecule has 1 fully saturated rings. The van der Waals surface area contributed by atoms with Crippen molar-refractivity contribution >= 4 is 34.1 Å². The SMILES string of the molecule is Cc1nc2c(-c3ccc(Cl)cc3F)nc(Cl)cc2c(=O)n1C1CCC1. The monoisotopic (exact) mass is 377 g/mol. The molecule has 4 nitrogen and oxygen atoms in total. The average molecular weight is 378 g/mol. The summed E-state index contributed by atoms with van der Waals surface area (Å²) in [5.41, 5.74) is 0.651. The number of aryl methyl sites for hydroxylation is 1. The quantitative estimate of drug-likeness (QED) is 0.594. The van der Waals surface area contributed by atoms with Crippen LogP contribution in [0.3, 0.4) is 0 Å². The van der Waals surface area contributed by atoms with E-state index in [4.69, 9.17) is 23.2 Å². The molecule has 0 saturated heterocycles. The molecular weight excluding hydrogens is 364 g/mol. The molecule has 2 heterocycles. The zero-order valence-electron chi connectivity index (χ0n) is 13.4. The summed E-state index contributed by atoms with van der Waals surface area (Å²) >= 11 is 11.9. The Morgan fingerprint density at radius 1 is 1.20 bits per heavy atom. The van der Waals surface area contributed by atoms with Crippen LogP contribution in [0.2, 0.25) is 10.2 Å². The molecule has 128 valence electrons. The maximum atomic E-state index is 14.4. The van der Waals surface area contributed by atoms with E-state index in [1.165, 1.54) is 18.2 Å². The molecule has 7 heteroatoms. The van der Waals surface area contributed by atoms with Crippen LogP contribution in [-0.4, -0.2) is 14.5 Å². The van der Waals surface area contributed by atoms with Crippen LogP contribution in [-0.2, 0) is 0 Å². The summed E-state index contributed by atoms with van der Waals surface area (Å²) in [6, 6.07) is 5.96. The number of benzene rings is 1. The zero-order chi connectivity index (χ0) is 17.7. The number of rotatable bonds is 2. The van der Waals surface area contributed by atoms with E-state index in [9.17, 15) is 9.18 Å². The zero-order valence-corrected chi connectivity index (χ0v) is 14.9. The first-order valence-corrected chi connectivity index (χ1v) is 8.76. The molecule has 4 rings (SSSR count). The predicted molar refractivity (Wildman–Crippen MR) is 96.8 cm³/mol. The van der Waals surface area contributed by atoms with Crippen LogP contribution in [0.15, 0.2) is 29.1 Å². The molecule has 0 atom stereocenters. The molecule has 0 bridgehead atoms. The highest BCUT2D eigenvalue weighted by atomic mass is 35.5. The number of hydrogen-bond acceptors (Lipinski definition) is 3. The van der Waals surface area contributed by atoms with Crippen molar-refractivity contribution in [2.45, 2.75) is 32.2 Å². The Balaban J connectivity index is 2.04. The lowest BCUT2D eigenvalue weighted by Gasteiger charge is -2.29. The lowest BCUT2D eigenvalue weighted by Crippen LogP contribution is -2.31. The smallest absolute Gasteiger partial charge is 0.261 e. The molecule has 1 aliphatic rings. The van der Waals surface area contributed by atoms with Gasteiger partial charge >= 0.3 is 0 Å². The van der Waals surface area contributed by atoms with Gasteiger partial charge in [0.05, 0.1) is 5.39 Å². The number of hydrogen-bond donors (Lipinski definition) is 0. The van der Waals surface area contributed by atoms with Gasteiger partial charge < -0.3 is 0 Å². The Morgan fingerprint density at radius 2 is 1.96 bits per heavy atom. The lowest BCUT2D eigenvalue weighted by molar-refractivity contribution is 0.300. The highest BCUT2D eigenvalue weighted by molar-refractivity contribution is 6.31. The molecule has 1 aromatic carbocycles. The molecule has 0 amide bonds. The predicted octanol–water partition coefficient (Wildman–Crippen LogP) is 4.94. The minimum absolute atomic E-state index is 0.125. The Bertz CT molecular complexity index is 1060.